The van der Waals surface area contributed by atoms with Crippen LogP contribution in [0.15, 0.2) is 39.9 Å². The molecule has 0 bridgehead atoms. The van der Waals surface area contributed by atoms with E-state index in [2.05, 4.69) is 4.72 Å². The Bertz CT molecular complexity index is 624. The second-order valence-corrected chi connectivity index (χ2v) is 6.17. The molecule has 1 heterocycles. The normalized spacial score (nSPS) is 11.4. The van der Waals surface area contributed by atoms with E-state index in [1.54, 1.807) is 16.8 Å². The molecular weight excluding hydrogens is 280 g/mol. The molecule has 0 saturated carbocycles. The van der Waals surface area contributed by atoms with Crippen LogP contribution >= 0.6 is 22.9 Å². The molecule has 0 aliphatic carbocycles. The summed E-state index contributed by atoms with van der Waals surface area (Å²) in [5, 5.41) is 3.71. The molecule has 0 amide bonds. The Morgan fingerprint density at radius 2 is 2.06 bits per heavy atom. The maximum atomic E-state index is 12.0. The predicted molar refractivity (Wildman–Crippen MR) is 71.0 cm³/mol. The van der Waals surface area contributed by atoms with Crippen LogP contribution < -0.4 is 10.5 Å². The zero-order valence-electron chi connectivity index (χ0n) is 8.55. The topological polar surface area (TPSA) is 72.2 Å². The van der Waals surface area contributed by atoms with E-state index in [4.69, 9.17) is 17.3 Å². The number of rotatable bonds is 3. The largest absolute Gasteiger partial charge is 0.398 e. The summed E-state index contributed by atoms with van der Waals surface area (Å²) in [6.07, 6.45) is 0. The second-order valence-electron chi connectivity index (χ2n) is 3.30. The van der Waals surface area contributed by atoms with Crippen LogP contribution in [0.4, 0.5) is 11.4 Å². The lowest BCUT2D eigenvalue weighted by molar-refractivity contribution is 0.601. The van der Waals surface area contributed by atoms with Gasteiger partial charge < -0.3 is 5.73 Å². The molecular formula is C10H9ClN2O2S2. The molecule has 4 nitrogen and oxygen atoms in total. The highest BCUT2D eigenvalue weighted by Gasteiger charge is 2.15. The standard InChI is InChI=1S/C10H9ClN2O2S2/c11-9-5-8(1-2-10(9)12)17(14,15)13-7-3-4-16-6-7/h1-6,13H,12H2. The van der Waals surface area contributed by atoms with E-state index in [0.29, 0.717) is 11.4 Å². The van der Waals surface area contributed by atoms with E-state index in [-0.39, 0.29) is 9.92 Å². The first-order valence-electron chi connectivity index (χ1n) is 4.59. The molecule has 90 valence electrons. The number of nitrogens with two attached hydrogens (primary N) is 1. The van der Waals surface area contributed by atoms with Gasteiger partial charge in [0.05, 0.1) is 21.3 Å². The van der Waals surface area contributed by atoms with Crippen LogP contribution in [0.2, 0.25) is 5.02 Å². The van der Waals surface area contributed by atoms with Gasteiger partial charge in [0.1, 0.15) is 0 Å². The number of sulfonamides is 1. The molecule has 0 aliphatic rings. The molecule has 2 rings (SSSR count). The molecule has 1 aromatic carbocycles. The number of nitrogen functional groups attached to an aromatic ring is 1. The van der Waals surface area contributed by atoms with Crippen molar-refractivity contribution in [2.45, 2.75) is 4.90 Å². The van der Waals surface area contributed by atoms with Gasteiger partial charge >= 0.3 is 0 Å². The van der Waals surface area contributed by atoms with Gasteiger partial charge in [-0.2, -0.15) is 11.3 Å². The Labute approximate surface area is 108 Å². The SMILES string of the molecule is Nc1ccc(S(=O)(=O)Nc2ccsc2)cc1Cl. The number of halogens is 1. The molecule has 0 fully saturated rings. The van der Waals surface area contributed by atoms with E-state index in [9.17, 15) is 8.42 Å². The first kappa shape index (κ1) is 12.2. The molecule has 0 saturated heterocycles. The number of nitrogens with one attached hydrogen (secondary N) is 1. The van der Waals surface area contributed by atoms with E-state index >= 15 is 0 Å². The molecule has 0 atom stereocenters. The maximum Gasteiger partial charge on any atom is 0.261 e. The second kappa shape index (κ2) is 4.56. The van der Waals surface area contributed by atoms with Gasteiger partial charge in [0, 0.05) is 5.38 Å². The van der Waals surface area contributed by atoms with Crippen molar-refractivity contribution in [3.63, 3.8) is 0 Å². The third-order valence-electron chi connectivity index (χ3n) is 2.06. The van der Waals surface area contributed by atoms with Crippen molar-refractivity contribution >= 4 is 44.3 Å². The monoisotopic (exact) mass is 288 g/mol. The highest BCUT2D eigenvalue weighted by molar-refractivity contribution is 7.92. The number of hydrogen-bond donors (Lipinski definition) is 2. The minimum absolute atomic E-state index is 0.0860. The fraction of sp³-hybridized carbons (Fsp3) is 0. The number of benzene rings is 1. The molecule has 2 aromatic rings. The van der Waals surface area contributed by atoms with Crippen LogP contribution in [0.3, 0.4) is 0 Å². The zero-order valence-corrected chi connectivity index (χ0v) is 10.9. The quantitative estimate of drug-likeness (QED) is 0.853. The summed E-state index contributed by atoms with van der Waals surface area (Å²) < 4.78 is 26.4. The van der Waals surface area contributed by atoms with Gasteiger partial charge in [-0.25, -0.2) is 8.42 Å². The highest BCUT2D eigenvalue weighted by Crippen LogP contribution is 2.24. The average Bonchev–Trinajstić information content (AvgIpc) is 2.73. The third-order valence-corrected chi connectivity index (χ3v) is 4.45. The third kappa shape index (κ3) is 2.71. The molecule has 0 unspecified atom stereocenters. The number of hydrogen-bond acceptors (Lipinski definition) is 4. The smallest absolute Gasteiger partial charge is 0.261 e. The van der Waals surface area contributed by atoms with Crippen molar-refractivity contribution < 1.29 is 8.42 Å². The van der Waals surface area contributed by atoms with E-state index in [0.717, 1.165) is 0 Å². The Morgan fingerprint density at radius 1 is 1.29 bits per heavy atom. The van der Waals surface area contributed by atoms with Crippen LogP contribution in [0, 0.1) is 0 Å². The first-order chi connectivity index (χ1) is 7.99. The summed E-state index contributed by atoms with van der Waals surface area (Å²) in [4.78, 5) is 0.0860. The van der Waals surface area contributed by atoms with Gasteiger partial charge in [0.2, 0.25) is 0 Å². The summed E-state index contributed by atoms with van der Waals surface area (Å²) in [7, 11) is -3.61. The molecule has 17 heavy (non-hydrogen) atoms. The van der Waals surface area contributed by atoms with Crippen molar-refractivity contribution in [2.24, 2.45) is 0 Å². The van der Waals surface area contributed by atoms with Crippen molar-refractivity contribution in [3.05, 3.63) is 40.0 Å². The lowest BCUT2D eigenvalue weighted by Crippen LogP contribution is -2.12. The fourth-order valence-electron chi connectivity index (χ4n) is 1.21. The molecule has 7 heteroatoms. The highest BCUT2D eigenvalue weighted by atomic mass is 35.5. The van der Waals surface area contributed by atoms with Gasteiger partial charge in [-0.15, -0.1) is 0 Å². The van der Waals surface area contributed by atoms with Crippen LogP contribution in [0.5, 0.6) is 0 Å². The van der Waals surface area contributed by atoms with Gasteiger partial charge in [0.25, 0.3) is 10.0 Å². The molecule has 0 aliphatic heterocycles. The van der Waals surface area contributed by atoms with Crippen LogP contribution in [-0.2, 0) is 10.0 Å². The summed E-state index contributed by atoms with van der Waals surface area (Å²) in [6.45, 7) is 0. The van der Waals surface area contributed by atoms with Crippen molar-refractivity contribution in [1.29, 1.82) is 0 Å². The molecule has 0 spiro atoms. The summed E-state index contributed by atoms with van der Waals surface area (Å²) >= 11 is 7.19. The molecule has 3 N–H and O–H groups in total. The maximum absolute atomic E-state index is 12.0. The Hall–Kier alpha value is -1.24. The first-order valence-corrected chi connectivity index (χ1v) is 7.39. The van der Waals surface area contributed by atoms with Gasteiger partial charge in [0.15, 0.2) is 0 Å². The number of thiophene rings is 1. The van der Waals surface area contributed by atoms with Crippen LogP contribution in [-0.4, -0.2) is 8.42 Å². The minimum atomic E-state index is -3.61. The van der Waals surface area contributed by atoms with Crippen LogP contribution in [0.1, 0.15) is 0 Å². The van der Waals surface area contributed by atoms with Gasteiger partial charge in [-0.3, -0.25) is 4.72 Å². The van der Waals surface area contributed by atoms with Crippen molar-refractivity contribution in [2.75, 3.05) is 10.5 Å². The van der Waals surface area contributed by atoms with Gasteiger partial charge in [-0.1, -0.05) is 11.6 Å². The fourth-order valence-corrected chi connectivity index (χ4v) is 3.19. The lowest BCUT2D eigenvalue weighted by atomic mass is 10.3. The summed E-state index contributed by atoms with van der Waals surface area (Å²) in [5.41, 5.74) is 6.40. The van der Waals surface area contributed by atoms with E-state index in [1.807, 2.05) is 0 Å². The Balaban J connectivity index is 2.35. The van der Waals surface area contributed by atoms with E-state index in [1.165, 1.54) is 29.5 Å². The summed E-state index contributed by atoms with van der Waals surface area (Å²) in [6, 6.07) is 5.88. The Kier molecular flexibility index (Phi) is 3.28. The molecule has 1 aromatic heterocycles. The van der Waals surface area contributed by atoms with Gasteiger partial charge in [-0.05, 0) is 29.6 Å². The predicted octanol–water partition coefficient (Wildman–Crippen LogP) is 2.78. The average molecular weight is 289 g/mol. The lowest BCUT2D eigenvalue weighted by Gasteiger charge is -2.07. The zero-order chi connectivity index (χ0) is 12.5. The Morgan fingerprint density at radius 3 is 2.65 bits per heavy atom. The number of anilines is 2. The minimum Gasteiger partial charge on any atom is -0.398 e. The summed E-state index contributed by atoms with van der Waals surface area (Å²) in [5.74, 6) is 0. The van der Waals surface area contributed by atoms with Crippen LogP contribution in [0.25, 0.3) is 0 Å². The van der Waals surface area contributed by atoms with E-state index < -0.39 is 10.0 Å². The van der Waals surface area contributed by atoms with Crippen molar-refractivity contribution in [1.82, 2.24) is 0 Å². The van der Waals surface area contributed by atoms with Crippen molar-refractivity contribution in [3.8, 4) is 0 Å². The molecule has 0 radical (unpaired) electrons.